The molecule has 0 amide bonds. The van der Waals surface area contributed by atoms with Crippen LogP contribution in [0.5, 0.6) is 0 Å². The molecule has 0 unspecified atom stereocenters. The third-order valence-corrected chi connectivity index (χ3v) is 2.31. The lowest BCUT2D eigenvalue weighted by atomic mass is 10.3. The van der Waals surface area contributed by atoms with Crippen LogP contribution in [-0.2, 0) is 0 Å². The van der Waals surface area contributed by atoms with E-state index in [4.69, 9.17) is 5.26 Å². The fourth-order valence-electron chi connectivity index (χ4n) is 1.54. The predicted octanol–water partition coefficient (Wildman–Crippen LogP) is 2.53. The molecule has 0 spiro atoms. The number of hydrogen-bond acceptors (Lipinski definition) is 4. The van der Waals surface area contributed by atoms with Crippen molar-refractivity contribution in [3.05, 3.63) is 48.8 Å². The van der Waals surface area contributed by atoms with Crippen LogP contribution < -0.4 is 4.90 Å². The van der Waals surface area contributed by atoms with E-state index in [0.29, 0.717) is 18.9 Å². The summed E-state index contributed by atoms with van der Waals surface area (Å²) in [6.07, 6.45) is 3.84. The first-order chi connectivity index (χ1) is 8.42. The van der Waals surface area contributed by atoms with E-state index in [-0.39, 0.29) is 0 Å². The SMILES string of the molecule is N#CCCN(c1ccccc1)c1ncccn1. The van der Waals surface area contributed by atoms with Gasteiger partial charge in [0.1, 0.15) is 0 Å². The molecule has 1 aromatic heterocycles. The second-order valence-corrected chi connectivity index (χ2v) is 3.44. The van der Waals surface area contributed by atoms with Crippen molar-refractivity contribution >= 4 is 11.6 Å². The first-order valence-corrected chi connectivity index (χ1v) is 5.38. The van der Waals surface area contributed by atoms with Crippen LogP contribution in [0.1, 0.15) is 6.42 Å². The van der Waals surface area contributed by atoms with Crippen LogP contribution in [0.25, 0.3) is 0 Å². The monoisotopic (exact) mass is 224 g/mol. The highest BCUT2D eigenvalue weighted by atomic mass is 15.2. The molecule has 0 atom stereocenters. The topological polar surface area (TPSA) is 52.8 Å². The van der Waals surface area contributed by atoms with E-state index in [9.17, 15) is 0 Å². The molecule has 4 nitrogen and oxygen atoms in total. The lowest BCUT2D eigenvalue weighted by Crippen LogP contribution is -2.20. The normalized spacial score (nSPS) is 9.59. The van der Waals surface area contributed by atoms with Gasteiger partial charge < -0.3 is 4.90 Å². The van der Waals surface area contributed by atoms with Gasteiger partial charge in [0.25, 0.3) is 0 Å². The van der Waals surface area contributed by atoms with E-state index in [1.165, 1.54) is 0 Å². The molecule has 0 aliphatic heterocycles. The van der Waals surface area contributed by atoms with Gasteiger partial charge >= 0.3 is 0 Å². The fraction of sp³-hybridized carbons (Fsp3) is 0.154. The van der Waals surface area contributed by atoms with E-state index >= 15 is 0 Å². The van der Waals surface area contributed by atoms with Crippen molar-refractivity contribution in [2.75, 3.05) is 11.4 Å². The van der Waals surface area contributed by atoms with Crippen molar-refractivity contribution < 1.29 is 0 Å². The Hall–Kier alpha value is -2.41. The molecule has 17 heavy (non-hydrogen) atoms. The van der Waals surface area contributed by atoms with Crippen LogP contribution >= 0.6 is 0 Å². The molecule has 2 aromatic rings. The number of nitrogens with zero attached hydrogens (tertiary/aromatic N) is 4. The summed E-state index contributed by atoms with van der Waals surface area (Å²) in [5.41, 5.74) is 0.994. The highest BCUT2D eigenvalue weighted by Gasteiger charge is 2.10. The number of anilines is 2. The van der Waals surface area contributed by atoms with Gasteiger partial charge in [-0.2, -0.15) is 5.26 Å². The maximum atomic E-state index is 8.69. The zero-order valence-electron chi connectivity index (χ0n) is 9.32. The largest absolute Gasteiger partial charge is 0.310 e. The molecule has 0 N–H and O–H groups in total. The summed E-state index contributed by atoms with van der Waals surface area (Å²) in [4.78, 5) is 10.4. The summed E-state index contributed by atoms with van der Waals surface area (Å²) < 4.78 is 0. The molecule has 0 aliphatic rings. The predicted molar refractivity (Wildman–Crippen MR) is 65.7 cm³/mol. The fourth-order valence-corrected chi connectivity index (χ4v) is 1.54. The van der Waals surface area contributed by atoms with Gasteiger partial charge in [-0.1, -0.05) is 18.2 Å². The van der Waals surface area contributed by atoms with Crippen molar-refractivity contribution in [2.24, 2.45) is 0 Å². The molecule has 4 heteroatoms. The van der Waals surface area contributed by atoms with Gasteiger partial charge in [-0.15, -0.1) is 0 Å². The quantitative estimate of drug-likeness (QED) is 0.800. The van der Waals surface area contributed by atoms with Crippen LogP contribution in [0.3, 0.4) is 0 Å². The average molecular weight is 224 g/mol. The van der Waals surface area contributed by atoms with E-state index in [1.807, 2.05) is 35.2 Å². The Kier molecular flexibility index (Phi) is 3.66. The third kappa shape index (κ3) is 2.79. The Morgan fingerprint density at radius 3 is 2.41 bits per heavy atom. The summed E-state index contributed by atoms with van der Waals surface area (Å²) in [6.45, 7) is 0.588. The van der Waals surface area contributed by atoms with Gasteiger partial charge in [0.05, 0.1) is 12.5 Å². The van der Waals surface area contributed by atoms with Crippen molar-refractivity contribution in [3.63, 3.8) is 0 Å². The zero-order chi connectivity index (χ0) is 11.9. The molecule has 0 saturated carbocycles. The van der Waals surface area contributed by atoms with Crippen LogP contribution in [0.2, 0.25) is 0 Å². The Bertz CT molecular complexity index is 450. The van der Waals surface area contributed by atoms with Crippen molar-refractivity contribution in [2.45, 2.75) is 6.42 Å². The molecular formula is C13H12N4. The summed E-state index contributed by atoms with van der Waals surface area (Å²) in [5, 5.41) is 8.69. The smallest absolute Gasteiger partial charge is 0.229 e. The molecule has 0 radical (unpaired) electrons. The highest BCUT2D eigenvalue weighted by Crippen LogP contribution is 2.20. The second-order valence-electron chi connectivity index (χ2n) is 3.44. The maximum absolute atomic E-state index is 8.69. The second kappa shape index (κ2) is 5.61. The first-order valence-electron chi connectivity index (χ1n) is 5.38. The average Bonchev–Trinajstić information content (AvgIpc) is 2.42. The molecule has 0 aliphatic carbocycles. The van der Waals surface area contributed by atoms with Crippen molar-refractivity contribution in [1.29, 1.82) is 5.26 Å². The van der Waals surface area contributed by atoms with E-state index < -0.39 is 0 Å². The summed E-state index contributed by atoms with van der Waals surface area (Å²) in [7, 11) is 0. The number of para-hydroxylation sites is 1. The standard InChI is InChI=1S/C13H12N4/c14-8-4-11-17(12-6-2-1-3-7-12)13-15-9-5-10-16-13/h1-3,5-7,9-10H,4,11H2. The highest BCUT2D eigenvalue weighted by molar-refractivity contribution is 5.56. The van der Waals surface area contributed by atoms with Crippen LogP contribution in [-0.4, -0.2) is 16.5 Å². The molecule has 2 rings (SSSR count). The molecule has 1 aromatic carbocycles. The number of aromatic nitrogens is 2. The van der Waals surface area contributed by atoms with E-state index in [1.54, 1.807) is 18.5 Å². The maximum Gasteiger partial charge on any atom is 0.229 e. The summed E-state index contributed by atoms with van der Waals surface area (Å²) in [5.74, 6) is 0.619. The van der Waals surface area contributed by atoms with Crippen LogP contribution in [0.15, 0.2) is 48.8 Å². The minimum Gasteiger partial charge on any atom is -0.310 e. The first kappa shape index (κ1) is 11.1. The van der Waals surface area contributed by atoms with E-state index in [2.05, 4.69) is 16.0 Å². The Labute approximate surface area is 100 Å². The number of nitriles is 1. The summed E-state index contributed by atoms with van der Waals surface area (Å²) >= 11 is 0. The summed E-state index contributed by atoms with van der Waals surface area (Å²) in [6, 6.07) is 13.7. The van der Waals surface area contributed by atoms with Gasteiger partial charge in [0.2, 0.25) is 5.95 Å². The molecule has 0 fully saturated rings. The van der Waals surface area contributed by atoms with Crippen LogP contribution in [0.4, 0.5) is 11.6 Å². The van der Waals surface area contributed by atoms with Crippen molar-refractivity contribution in [3.8, 4) is 6.07 Å². The third-order valence-electron chi connectivity index (χ3n) is 2.31. The van der Waals surface area contributed by atoms with Crippen LogP contribution in [0, 0.1) is 11.3 Å². The van der Waals surface area contributed by atoms with Gasteiger partial charge in [0.15, 0.2) is 0 Å². The molecule has 0 bridgehead atoms. The lowest BCUT2D eigenvalue weighted by molar-refractivity contribution is 0.898. The Balaban J connectivity index is 2.30. The molecule has 0 saturated heterocycles. The van der Waals surface area contributed by atoms with Gasteiger partial charge in [-0.25, -0.2) is 9.97 Å². The van der Waals surface area contributed by atoms with Gasteiger partial charge in [0, 0.05) is 24.6 Å². The van der Waals surface area contributed by atoms with Crippen molar-refractivity contribution in [1.82, 2.24) is 9.97 Å². The Morgan fingerprint density at radius 1 is 1.06 bits per heavy atom. The van der Waals surface area contributed by atoms with Gasteiger partial charge in [-0.05, 0) is 18.2 Å². The minimum absolute atomic E-state index is 0.438. The minimum atomic E-state index is 0.438. The lowest BCUT2D eigenvalue weighted by Gasteiger charge is -2.21. The molecule has 1 heterocycles. The zero-order valence-corrected chi connectivity index (χ0v) is 9.32. The number of benzene rings is 1. The molecular weight excluding hydrogens is 212 g/mol. The number of rotatable bonds is 4. The number of hydrogen-bond donors (Lipinski definition) is 0. The van der Waals surface area contributed by atoms with Gasteiger partial charge in [-0.3, -0.25) is 0 Å². The van der Waals surface area contributed by atoms with E-state index in [0.717, 1.165) is 5.69 Å². The molecule has 84 valence electrons. The Morgan fingerprint density at radius 2 is 1.76 bits per heavy atom.